The summed E-state index contributed by atoms with van der Waals surface area (Å²) in [5.74, 6) is -0.587. The van der Waals surface area contributed by atoms with Gasteiger partial charge in [-0.25, -0.2) is 4.98 Å². The number of nitrogens with one attached hydrogen (secondary N) is 1. The Kier molecular flexibility index (Phi) is 8.28. The summed E-state index contributed by atoms with van der Waals surface area (Å²) in [6.07, 6.45) is -1.18. The van der Waals surface area contributed by atoms with E-state index in [1.54, 1.807) is 13.0 Å². The van der Waals surface area contributed by atoms with Crippen LogP contribution in [0.3, 0.4) is 0 Å². The van der Waals surface area contributed by atoms with Gasteiger partial charge in [0.15, 0.2) is 6.61 Å². The molecule has 1 unspecified atom stereocenters. The summed E-state index contributed by atoms with van der Waals surface area (Å²) in [5, 5.41) is 2.78. The van der Waals surface area contributed by atoms with E-state index in [4.69, 9.17) is 4.74 Å². The maximum atomic E-state index is 12.6. The predicted octanol–water partition coefficient (Wildman–Crippen LogP) is 3.06. The Bertz CT molecular complexity index is 857. The Morgan fingerprint density at radius 2 is 1.97 bits per heavy atom. The first kappa shape index (κ1) is 23.3. The van der Waals surface area contributed by atoms with E-state index in [0.717, 1.165) is 0 Å². The molecule has 0 radical (unpaired) electrons. The number of methoxy groups -OCH3 is 1. The fourth-order valence-electron chi connectivity index (χ4n) is 2.51. The van der Waals surface area contributed by atoms with E-state index in [1.165, 1.54) is 37.7 Å². The number of ketones is 1. The number of aromatic nitrogens is 2. The number of halogens is 3. The average molecular weight is 425 g/mol. The van der Waals surface area contributed by atoms with Crippen molar-refractivity contribution in [2.75, 3.05) is 20.3 Å². The lowest BCUT2D eigenvalue weighted by Gasteiger charge is -2.19. The number of hydrogen-bond donors (Lipinski definition) is 1. The van der Waals surface area contributed by atoms with Crippen LogP contribution in [-0.2, 0) is 16.0 Å². The molecule has 2 rings (SSSR count). The van der Waals surface area contributed by atoms with E-state index in [0.29, 0.717) is 23.2 Å². The molecule has 1 amide bonds. The molecule has 10 heteroatoms. The van der Waals surface area contributed by atoms with Gasteiger partial charge in [-0.15, -0.1) is 0 Å². The largest absolute Gasteiger partial charge is 0.468 e. The molecule has 0 spiro atoms. The number of ether oxygens (including phenoxy) is 2. The van der Waals surface area contributed by atoms with Crippen LogP contribution in [0.5, 0.6) is 5.88 Å². The highest BCUT2D eigenvalue weighted by Gasteiger charge is 2.28. The molecule has 0 saturated carbocycles. The highest BCUT2D eigenvalue weighted by Crippen LogP contribution is 2.19. The van der Waals surface area contributed by atoms with E-state index in [2.05, 4.69) is 20.0 Å². The normalized spacial score (nSPS) is 12.3. The lowest BCUT2D eigenvalue weighted by molar-refractivity contribution is -0.154. The summed E-state index contributed by atoms with van der Waals surface area (Å²) in [6.45, 7) is 0.423. The van der Waals surface area contributed by atoms with Gasteiger partial charge in [-0.1, -0.05) is 6.92 Å². The highest BCUT2D eigenvalue weighted by molar-refractivity contribution is 5.94. The summed E-state index contributed by atoms with van der Waals surface area (Å²) in [7, 11) is 1.45. The van der Waals surface area contributed by atoms with Crippen molar-refractivity contribution in [1.29, 1.82) is 0 Å². The molecule has 0 fully saturated rings. The lowest BCUT2D eigenvalue weighted by Crippen LogP contribution is -2.31. The molecule has 1 N–H and O–H groups in total. The molecular formula is C20H22F3N3O4. The molecule has 1 atom stereocenters. The Balaban J connectivity index is 2.08. The third-order valence-corrected chi connectivity index (χ3v) is 4.04. The van der Waals surface area contributed by atoms with Crippen LogP contribution >= 0.6 is 0 Å². The Morgan fingerprint density at radius 1 is 1.20 bits per heavy atom. The molecule has 2 heterocycles. The second-order valence-corrected chi connectivity index (χ2v) is 6.42. The number of alkyl halides is 3. The zero-order valence-corrected chi connectivity index (χ0v) is 16.5. The highest BCUT2D eigenvalue weighted by atomic mass is 19.4. The van der Waals surface area contributed by atoms with E-state index < -0.39 is 24.7 Å². The van der Waals surface area contributed by atoms with Crippen molar-refractivity contribution < 1.29 is 32.2 Å². The van der Waals surface area contributed by atoms with Crippen molar-refractivity contribution in [2.45, 2.75) is 32.0 Å². The van der Waals surface area contributed by atoms with Gasteiger partial charge in [-0.05, 0) is 23.8 Å². The average Bonchev–Trinajstić information content (AvgIpc) is 2.72. The third kappa shape index (κ3) is 7.43. The fourth-order valence-corrected chi connectivity index (χ4v) is 2.51. The van der Waals surface area contributed by atoms with Crippen molar-refractivity contribution >= 4 is 11.7 Å². The molecular weight excluding hydrogens is 403 g/mol. The Morgan fingerprint density at radius 3 is 2.57 bits per heavy atom. The van der Waals surface area contributed by atoms with Crippen molar-refractivity contribution in [3.63, 3.8) is 0 Å². The lowest BCUT2D eigenvalue weighted by atomic mass is 10.1. The van der Waals surface area contributed by atoms with Gasteiger partial charge in [0.1, 0.15) is 5.78 Å². The number of nitrogens with zero attached hydrogens (tertiary/aromatic N) is 2. The minimum atomic E-state index is -4.46. The van der Waals surface area contributed by atoms with Crippen LogP contribution in [0.2, 0.25) is 0 Å². The zero-order chi connectivity index (χ0) is 22.1. The number of rotatable bonds is 10. The number of carbonyl (C=O) groups excluding carboxylic acids is 2. The van der Waals surface area contributed by atoms with E-state index >= 15 is 0 Å². The fraction of sp³-hybridized carbons (Fsp3) is 0.400. The molecule has 2 aromatic heterocycles. The van der Waals surface area contributed by atoms with Crippen molar-refractivity contribution in [2.24, 2.45) is 0 Å². The van der Waals surface area contributed by atoms with Crippen LogP contribution in [0, 0.1) is 0 Å². The van der Waals surface area contributed by atoms with Gasteiger partial charge >= 0.3 is 6.18 Å². The number of amides is 1. The van der Waals surface area contributed by atoms with E-state index in [1.807, 2.05) is 0 Å². The summed E-state index contributed by atoms with van der Waals surface area (Å²) >= 11 is 0. The maximum Gasteiger partial charge on any atom is 0.422 e. The minimum Gasteiger partial charge on any atom is -0.468 e. The van der Waals surface area contributed by atoms with Crippen LogP contribution in [0.25, 0.3) is 0 Å². The molecule has 0 bridgehead atoms. The molecule has 0 aliphatic rings. The first-order valence-corrected chi connectivity index (χ1v) is 9.13. The smallest absolute Gasteiger partial charge is 0.422 e. The SMILES string of the molecule is CCC(=O)Cc1cc(C(=O)NC(COC)c2ccc(OCC(F)(F)F)nc2)ccn1. The van der Waals surface area contributed by atoms with Crippen LogP contribution in [0.15, 0.2) is 36.7 Å². The van der Waals surface area contributed by atoms with E-state index in [9.17, 15) is 22.8 Å². The second-order valence-electron chi connectivity index (χ2n) is 6.42. The second kappa shape index (κ2) is 10.7. The summed E-state index contributed by atoms with van der Waals surface area (Å²) in [4.78, 5) is 32.2. The quantitative estimate of drug-likeness (QED) is 0.629. The Hall–Kier alpha value is -3.01. The number of carbonyl (C=O) groups is 2. The molecule has 0 saturated heterocycles. The van der Waals surface area contributed by atoms with Crippen molar-refractivity contribution in [3.8, 4) is 5.88 Å². The van der Waals surface area contributed by atoms with Crippen LogP contribution < -0.4 is 10.1 Å². The summed E-state index contributed by atoms with van der Waals surface area (Å²) in [5.41, 5.74) is 1.34. The zero-order valence-electron chi connectivity index (χ0n) is 16.5. The van der Waals surface area contributed by atoms with Crippen molar-refractivity contribution in [3.05, 3.63) is 53.5 Å². The number of hydrogen-bond acceptors (Lipinski definition) is 6. The third-order valence-electron chi connectivity index (χ3n) is 4.04. The van der Waals surface area contributed by atoms with E-state index in [-0.39, 0.29) is 24.7 Å². The Labute approximate surface area is 171 Å². The van der Waals surface area contributed by atoms with Gasteiger partial charge in [-0.3, -0.25) is 14.6 Å². The first-order valence-electron chi connectivity index (χ1n) is 9.13. The molecule has 162 valence electrons. The molecule has 30 heavy (non-hydrogen) atoms. The number of pyridine rings is 2. The van der Waals surface area contributed by atoms with Crippen LogP contribution in [0.1, 0.15) is 41.0 Å². The molecule has 0 aliphatic carbocycles. The summed E-state index contributed by atoms with van der Waals surface area (Å²) in [6, 6.07) is 5.25. The first-order chi connectivity index (χ1) is 14.2. The van der Waals surface area contributed by atoms with Gasteiger partial charge in [-0.2, -0.15) is 13.2 Å². The van der Waals surface area contributed by atoms with Gasteiger partial charge in [0, 0.05) is 49.7 Å². The molecule has 0 aromatic carbocycles. The molecule has 7 nitrogen and oxygen atoms in total. The van der Waals surface area contributed by atoms with Crippen molar-refractivity contribution in [1.82, 2.24) is 15.3 Å². The maximum absolute atomic E-state index is 12.6. The number of Topliss-reactive ketones (excluding diaryl/α,β-unsaturated/α-hetero) is 1. The molecule has 0 aliphatic heterocycles. The monoisotopic (exact) mass is 425 g/mol. The van der Waals surface area contributed by atoms with Gasteiger partial charge < -0.3 is 14.8 Å². The predicted molar refractivity (Wildman–Crippen MR) is 101 cm³/mol. The minimum absolute atomic E-state index is 0.0104. The van der Waals surface area contributed by atoms with Gasteiger partial charge in [0.2, 0.25) is 5.88 Å². The molecule has 2 aromatic rings. The van der Waals surface area contributed by atoms with Gasteiger partial charge in [0.25, 0.3) is 5.91 Å². The summed E-state index contributed by atoms with van der Waals surface area (Å²) < 4.78 is 46.4. The van der Waals surface area contributed by atoms with Crippen LogP contribution in [-0.4, -0.2) is 48.2 Å². The van der Waals surface area contributed by atoms with Crippen LogP contribution in [0.4, 0.5) is 13.2 Å². The van der Waals surface area contributed by atoms with Gasteiger partial charge in [0.05, 0.1) is 12.6 Å². The topological polar surface area (TPSA) is 90.4 Å². The standard InChI is InChI=1S/C20H22F3N3O4/c1-3-16(27)9-15-8-13(6-7-24-15)19(28)26-17(11-29-2)14-4-5-18(25-10-14)30-12-20(21,22)23/h4-8,10,17H,3,9,11-12H2,1-2H3,(H,26,28).